The van der Waals surface area contributed by atoms with E-state index in [-0.39, 0.29) is 22.4 Å². The number of allylic oxidation sites excluding steroid dienone is 4. The second-order valence-electron chi connectivity index (χ2n) is 9.54. The third-order valence-electron chi connectivity index (χ3n) is 6.04. The number of fused-ring (bicyclic) bond motifs is 2. The second kappa shape index (κ2) is 9.00. The fourth-order valence-electron chi connectivity index (χ4n) is 4.92. The van der Waals surface area contributed by atoms with Gasteiger partial charge in [0, 0.05) is 27.7 Å². The lowest BCUT2D eigenvalue weighted by Gasteiger charge is -2.37. The van der Waals surface area contributed by atoms with Crippen molar-refractivity contribution in [3.05, 3.63) is 64.2 Å². The highest BCUT2D eigenvalue weighted by molar-refractivity contribution is 6.31. The summed E-state index contributed by atoms with van der Waals surface area (Å²) in [6, 6.07) is 4.04. The van der Waals surface area contributed by atoms with Gasteiger partial charge in [0.1, 0.15) is 12.1 Å². The molecule has 0 aliphatic carbocycles. The molecule has 1 fully saturated rings. The molecule has 4 atom stereocenters. The topological polar surface area (TPSA) is 84.2 Å². The zero-order valence-electron chi connectivity index (χ0n) is 18.3. The smallest absolute Gasteiger partial charge is 0.237 e. The Labute approximate surface area is 197 Å². The van der Waals surface area contributed by atoms with Gasteiger partial charge in [0.25, 0.3) is 0 Å². The molecule has 5 nitrogen and oxygen atoms in total. The number of carbonyl (C=O) groups is 2. The van der Waals surface area contributed by atoms with Crippen LogP contribution in [0, 0.1) is 11.3 Å². The minimum atomic E-state index is -1.12. The summed E-state index contributed by atoms with van der Waals surface area (Å²) >= 11 is 11.9. The highest BCUT2D eigenvalue weighted by Gasteiger charge is 2.65. The summed E-state index contributed by atoms with van der Waals surface area (Å²) in [6.07, 6.45) is 5.22. The number of rotatable bonds is 6. The van der Waals surface area contributed by atoms with E-state index in [1.54, 1.807) is 24.3 Å². The SMILES string of the molecule is C=C(/C=C\C=C(\Cl)CF)[C@H]1[C@H](C(N)=O)N[C@@H](CC(C)(C)C)[C@@]12C(=O)Nc1cc(Cl)ccc12. The van der Waals surface area contributed by atoms with E-state index in [0.717, 1.165) is 5.56 Å². The van der Waals surface area contributed by atoms with Crippen LogP contribution in [0.3, 0.4) is 0 Å². The van der Waals surface area contributed by atoms with Gasteiger partial charge < -0.3 is 16.4 Å². The standard InChI is InChI=1S/C24H28Cl2FN3O2/c1-13(6-5-7-15(26)12-27)19-20(21(28)31)30-18(11-23(2,3)4)24(19)16-9-8-14(25)10-17(16)29-22(24)32/h5-10,18-20,30H,1,11-12H2,2-4H3,(H2,28,31)(H,29,32)/b6-5-,15-7+/t18-,19-,20+,24+/m0/s1. The van der Waals surface area contributed by atoms with Crippen LogP contribution in [-0.2, 0) is 15.0 Å². The molecule has 2 amide bonds. The van der Waals surface area contributed by atoms with Crippen molar-refractivity contribution in [1.29, 1.82) is 0 Å². The Bertz CT molecular complexity index is 1010. The molecule has 1 spiro atoms. The summed E-state index contributed by atoms with van der Waals surface area (Å²) in [6.45, 7) is 9.59. The number of nitrogens with one attached hydrogen (secondary N) is 2. The van der Waals surface area contributed by atoms with Crippen molar-refractivity contribution in [2.75, 3.05) is 12.0 Å². The lowest BCUT2D eigenvalue weighted by atomic mass is 9.62. The quantitative estimate of drug-likeness (QED) is 0.520. The number of hydrogen-bond acceptors (Lipinski definition) is 3. The molecule has 172 valence electrons. The lowest BCUT2D eigenvalue weighted by Crippen LogP contribution is -2.50. The Hall–Kier alpha value is -2.15. The number of carbonyl (C=O) groups excluding carboxylic acids is 2. The summed E-state index contributed by atoms with van der Waals surface area (Å²) < 4.78 is 12.7. The molecule has 0 unspecified atom stereocenters. The number of hydrogen-bond donors (Lipinski definition) is 3. The Morgan fingerprint density at radius 1 is 1.38 bits per heavy atom. The lowest BCUT2D eigenvalue weighted by molar-refractivity contribution is -0.123. The van der Waals surface area contributed by atoms with Crippen LogP contribution < -0.4 is 16.4 Å². The third-order valence-corrected chi connectivity index (χ3v) is 6.51. The molecule has 0 aromatic heterocycles. The first kappa shape index (κ1) is 24.5. The summed E-state index contributed by atoms with van der Waals surface area (Å²) in [5.74, 6) is -1.48. The monoisotopic (exact) mass is 479 g/mol. The molecule has 2 aliphatic rings. The summed E-state index contributed by atoms with van der Waals surface area (Å²) in [7, 11) is 0. The number of alkyl halides is 1. The van der Waals surface area contributed by atoms with Gasteiger partial charge in [-0.15, -0.1) is 0 Å². The molecule has 1 saturated heterocycles. The van der Waals surface area contributed by atoms with E-state index in [2.05, 4.69) is 38.0 Å². The molecule has 1 aromatic carbocycles. The normalized spacial score (nSPS) is 27.8. The Morgan fingerprint density at radius 2 is 2.06 bits per heavy atom. The zero-order valence-corrected chi connectivity index (χ0v) is 19.9. The molecule has 0 bridgehead atoms. The predicted octanol–water partition coefficient (Wildman–Crippen LogP) is 4.61. The van der Waals surface area contributed by atoms with Crippen LogP contribution >= 0.6 is 23.2 Å². The maximum atomic E-state index is 13.7. The zero-order chi connectivity index (χ0) is 23.8. The maximum absolute atomic E-state index is 13.7. The van der Waals surface area contributed by atoms with Gasteiger partial charge in [0.15, 0.2) is 0 Å². The van der Waals surface area contributed by atoms with Crippen molar-refractivity contribution in [1.82, 2.24) is 5.32 Å². The molecular weight excluding hydrogens is 452 g/mol. The average Bonchev–Trinajstić information content (AvgIpc) is 3.16. The van der Waals surface area contributed by atoms with E-state index in [4.69, 9.17) is 28.9 Å². The molecule has 4 N–H and O–H groups in total. The minimum absolute atomic E-state index is 0.0315. The van der Waals surface area contributed by atoms with Crippen LogP contribution in [0.5, 0.6) is 0 Å². The molecule has 1 aromatic rings. The molecule has 8 heteroatoms. The van der Waals surface area contributed by atoms with E-state index in [1.165, 1.54) is 6.08 Å². The predicted molar refractivity (Wildman–Crippen MR) is 127 cm³/mol. The molecule has 32 heavy (non-hydrogen) atoms. The fourth-order valence-corrected chi connectivity index (χ4v) is 5.16. The molecule has 0 radical (unpaired) electrons. The number of primary amides is 1. The maximum Gasteiger partial charge on any atom is 0.237 e. The Balaban J connectivity index is 2.20. The number of nitrogens with two attached hydrogens (primary N) is 1. The first-order valence-corrected chi connectivity index (χ1v) is 11.1. The number of halogens is 3. The van der Waals surface area contributed by atoms with Gasteiger partial charge in [-0.3, -0.25) is 9.59 Å². The van der Waals surface area contributed by atoms with E-state index >= 15 is 0 Å². The molecular formula is C24H28Cl2FN3O2. The van der Waals surface area contributed by atoms with Gasteiger partial charge >= 0.3 is 0 Å². The van der Waals surface area contributed by atoms with Crippen LogP contribution in [0.2, 0.25) is 5.02 Å². The van der Waals surface area contributed by atoms with Gasteiger partial charge in [-0.2, -0.15) is 0 Å². The fraction of sp³-hybridized carbons (Fsp3) is 0.417. The van der Waals surface area contributed by atoms with Crippen LogP contribution in [-0.4, -0.2) is 30.6 Å². The van der Waals surface area contributed by atoms with Crippen molar-refractivity contribution >= 4 is 40.7 Å². The third kappa shape index (κ3) is 4.36. The van der Waals surface area contributed by atoms with Gasteiger partial charge in [0.2, 0.25) is 11.8 Å². The van der Waals surface area contributed by atoms with Gasteiger partial charge in [0.05, 0.1) is 6.04 Å². The van der Waals surface area contributed by atoms with Crippen LogP contribution in [0.25, 0.3) is 0 Å². The van der Waals surface area contributed by atoms with Gasteiger partial charge in [-0.05, 0) is 41.2 Å². The summed E-state index contributed by atoms with van der Waals surface area (Å²) in [5.41, 5.74) is 6.38. The van der Waals surface area contributed by atoms with E-state index in [1.807, 2.05) is 6.07 Å². The second-order valence-corrected chi connectivity index (χ2v) is 10.5. The highest BCUT2D eigenvalue weighted by atomic mass is 35.5. The Kier molecular flexibility index (Phi) is 6.89. The van der Waals surface area contributed by atoms with Crippen molar-refractivity contribution in [2.45, 2.75) is 44.7 Å². The summed E-state index contributed by atoms with van der Waals surface area (Å²) in [5, 5.41) is 6.82. The van der Waals surface area contributed by atoms with Gasteiger partial charge in [-0.25, -0.2) is 4.39 Å². The highest BCUT2D eigenvalue weighted by Crippen LogP contribution is 2.54. The average molecular weight is 480 g/mol. The number of anilines is 1. The largest absolute Gasteiger partial charge is 0.368 e. The molecule has 2 heterocycles. The van der Waals surface area contributed by atoms with E-state index in [0.29, 0.717) is 22.7 Å². The van der Waals surface area contributed by atoms with E-state index < -0.39 is 30.0 Å². The molecule has 3 rings (SSSR count). The van der Waals surface area contributed by atoms with Crippen molar-refractivity contribution < 1.29 is 14.0 Å². The minimum Gasteiger partial charge on any atom is -0.368 e. The number of amides is 2. The van der Waals surface area contributed by atoms with Crippen molar-refractivity contribution in [3.63, 3.8) is 0 Å². The van der Waals surface area contributed by atoms with Gasteiger partial charge in [-0.1, -0.05) is 68.8 Å². The van der Waals surface area contributed by atoms with Crippen molar-refractivity contribution in [3.8, 4) is 0 Å². The number of benzene rings is 1. The first-order valence-electron chi connectivity index (χ1n) is 10.4. The van der Waals surface area contributed by atoms with Crippen LogP contribution in [0.1, 0.15) is 32.8 Å². The molecule has 0 saturated carbocycles. The molecule has 2 aliphatic heterocycles. The Morgan fingerprint density at radius 3 is 2.66 bits per heavy atom. The van der Waals surface area contributed by atoms with Crippen LogP contribution in [0.15, 0.2) is 53.6 Å². The van der Waals surface area contributed by atoms with Crippen molar-refractivity contribution in [2.24, 2.45) is 17.1 Å². The van der Waals surface area contributed by atoms with E-state index in [9.17, 15) is 14.0 Å². The first-order chi connectivity index (χ1) is 14.9. The van der Waals surface area contributed by atoms with Crippen LogP contribution in [0.4, 0.5) is 10.1 Å². The summed E-state index contributed by atoms with van der Waals surface area (Å²) in [4.78, 5) is 26.2.